The van der Waals surface area contributed by atoms with E-state index in [-0.39, 0.29) is 13.2 Å². The lowest BCUT2D eigenvalue weighted by Crippen LogP contribution is -2.54. The molecule has 1 saturated heterocycles. The molecule has 2 amide bonds. The average molecular weight is 294 g/mol. The summed E-state index contributed by atoms with van der Waals surface area (Å²) in [7, 11) is 1.57. The van der Waals surface area contributed by atoms with Crippen molar-refractivity contribution in [3.8, 4) is 5.75 Å². The summed E-state index contributed by atoms with van der Waals surface area (Å²) in [6, 6.07) is 3.85. The smallest absolute Gasteiger partial charge is 0.328 e. The van der Waals surface area contributed by atoms with Gasteiger partial charge in [0.25, 0.3) is 0 Å². The van der Waals surface area contributed by atoms with E-state index in [0.29, 0.717) is 18.0 Å². The molecule has 2 N–H and O–H groups in total. The second-order valence-electron chi connectivity index (χ2n) is 4.73. The molecule has 1 aromatic rings. The molecule has 21 heavy (non-hydrogen) atoms. The molecule has 1 aliphatic heterocycles. The lowest BCUT2D eigenvalue weighted by molar-refractivity contribution is -0.147. The molecular weight excluding hydrogens is 276 g/mol. The van der Waals surface area contributed by atoms with Crippen LogP contribution < -0.4 is 10.1 Å². The summed E-state index contributed by atoms with van der Waals surface area (Å²) in [5.41, 5.74) is 1.46. The Labute approximate surface area is 122 Å². The number of nitrogens with one attached hydrogen (secondary N) is 1. The molecule has 1 heterocycles. The van der Waals surface area contributed by atoms with Crippen LogP contribution >= 0.6 is 0 Å². The molecule has 0 spiro atoms. The molecule has 0 aromatic heterocycles. The van der Waals surface area contributed by atoms with Crippen molar-refractivity contribution in [2.75, 3.05) is 32.2 Å². The van der Waals surface area contributed by atoms with Gasteiger partial charge in [-0.25, -0.2) is 9.59 Å². The number of amides is 2. The van der Waals surface area contributed by atoms with Crippen LogP contribution in [-0.2, 0) is 9.53 Å². The number of methoxy groups -OCH3 is 1. The Balaban J connectivity index is 2.11. The fourth-order valence-corrected chi connectivity index (χ4v) is 2.14. The van der Waals surface area contributed by atoms with Crippen LogP contribution in [0.4, 0.5) is 10.5 Å². The summed E-state index contributed by atoms with van der Waals surface area (Å²) in [6.07, 6.45) is 0. The van der Waals surface area contributed by atoms with E-state index in [9.17, 15) is 9.59 Å². The Kier molecular flexibility index (Phi) is 4.64. The molecule has 7 heteroatoms. The Morgan fingerprint density at radius 2 is 2.24 bits per heavy atom. The highest BCUT2D eigenvalue weighted by molar-refractivity contribution is 5.93. The number of urea groups is 1. The van der Waals surface area contributed by atoms with Gasteiger partial charge in [-0.3, -0.25) is 0 Å². The first kappa shape index (κ1) is 15.1. The molecule has 1 aliphatic rings. The Hall–Kier alpha value is -2.28. The number of hydrogen-bond donors (Lipinski definition) is 2. The van der Waals surface area contributed by atoms with Gasteiger partial charge in [0.2, 0.25) is 0 Å². The minimum Gasteiger partial charge on any atom is -0.497 e. The van der Waals surface area contributed by atoms with E-state index in [1.807, 2.05) is 6.92 Å². The summed E-state index contributed by atoms with van der Waals surface area (Å²) < 4.78 is 10.2. The van der Waals surface area contributed by atoms with Crippen LogP contribution in [0.2, 0.25) is 0 Å². The van der Waals surface area contributed by atoms with Crippen molar-refractivity contribution in [1.82, 2.24) is 4.90 Å². The van der Waals surface area contributed by atoms with Crippen molar-refractivity contribution in [2.24, 2.45) is 0 Å². The summed E-state index contributed by atoms with van der Waals surface area (Å²) in [6.45, 7) is 2.42. The maximum Gasteiger partial charge on any atom is 0.328 e. The van der Waals surface area contributed by atoms with Gasteiger partial charge in [-0.15, -0.1) is 0 Å². The monoisotopic (exact) mass is 294 g/mol. The molecule has 2 rings (SSSR count). The lowest BCUT2D eigenvalue weighted by Gasteiger charge is -2.32. The molecule has 0 saturated carbocycles. The first-order valence-electron chi connectivity index (χ1n) is 6.55. The van der Waals surface area contributed by atoms with E-state index in [2.05, 4.69) is 5.32 Å². The summed E-state index contributed by atoms with van der Waals surface area (Å²) >= 11 is 0. The number of morpholine rings is 1. The first-order chi connectivity index (χ1) is 10.0. The number of ether oxygens (including phenoxy) is 2. The predicted octanol–water partition coefficient (Wildman–Crippen LogP) is 1.32. The Morgan fingerprint density at radius 1 is 1.48 bits per heavy atom. The van der Waals surface area contributed by atoms with Gasteiger partial charge in [0.1, 0.15) is 5.75 Å². The van der Waals surface area contributed by atoms with Gasteiger partial charge in [-0.2, -0.15) is 0 Å². The van der Waals surface area contributed by atoms with Crippen LogP contribution in [-0.4, -0.2) is 54.9 Å². The number of nitrogens with zero attached hydrogens (tertiary/aromatic N) is 1. The standard InChI is InChI=1S/C14H18N2O5/c1-9-7-10(20-2)3-4-11(9)15-14(19)16-5-6-21-8-12(16)13(17)18/h3-4,7,12H,5-6,8H2,1-2H3,(H,15,19)(H,17,18). The maximum atomic E-state index is 12.3. The second-order valence-corrected chi connectivity index (χ2v) is 4.73. The Bertz CT molecular complexity index is 546. The van der Waals surface area contributed by atoms with E-state index in [0.717, 1.165) is 5.56 Å². The van der Waals surface area contributed by atoms with Crippen molar-refractivity contribution in [1.29, 1.82) is 0 Å². The zero-order valence-corrected chi connectivity index (χ0v) is 12.0. The van der Waals surface area contributed by atoms with Crippen molar-refractivity contribution >= 4 is 17.7 Å². The van der Waals surface area contributed by atoms with Gasteiger partial charge in [0.15, 0.2) is 6.04 Å². The molecule has 1 fully saturated rings. The van der Waals surface area contributed by atoms with E-state index < -0.39 is 18.0 Å². The predicted molar refractivity (Wildman–Crippen MR) is 75.7 cm³/mol. The molecule has 1 aromatic carbocycles. The van der Waals surface area contributed by atoms with Gasteiger partial charge < -0.3 is 24.8 Å². The van der Waals surface area contributed by atoms with Crippen LogP contribution in [0, 0.1) is 6.92 Å². The quantitative estimate of drug-likeness (QED) is 0.878. The summed E-state index contributed by atoms with van der Waals surface area (Å²) in [5.74, 6) is -0.378. The summed E-state index contributed by atoms with van der Waals surface area (Å²) in [4.78, 5) is 24.7. The van der Waals surface area contributed by atoms with Gasteiger partial charge in [0.05, 0.1) is 20.3 Å². The van der Waals surface area contributed by atoms with Crippen molar-refractivity contribution in [2.45, 2.75) is 13.0 Å². The van der Waals surface area contributed by atoms with Crippen LogP contribution in [0.1, 0.15) is 5.56 Å². The third-order valence-corrected chi connectivity index (χ3v) is 3.35. The number of carboxylic acids is 1. The van der Waals surface area contributed by atoms with Crippen LogP contribution in [0.3, 0.4) is 0 Å². The molecule has 0 radical (unpaired) electrons. The number of carbonyl (C=O) groups is 2. The summed E-state index contributed by atoms with van der Waals surface area (Å²) in [5, 5.41) is 11.9. The first-order valence-corrected chi connectivity index (χ1v) is 6.55. The molecule has 7 nitrogen and oxygen atoms in total. The number of anilines is 1. The minimum absolute atomic E-state index is 0.00431. The number of benzene rings is 1. The lowest BCUT2D eigenvalue weighted by atomic mass is 10.2. The highest BCUT2D eigenvalue weighted by Crippen LogP contribution is 2.22. The topological polar surface area (TPSA) is 88.1 Å². The van der Waals surface area contributed by atoms with Gasteiger partial charge in [0, 0.05) is 12.2 Å². The maximum absolute atomic E-state index is 12.3. The number of hydrogen-bond acceptors (Lipinski definition) is 4. The van der Waals surface area contributed by atoms with Crippen LogP contribution in [0.15, 0.2) is 18.2 Å². The average Bonchev–Trinajstić information content (AvgIpc) is 2.49. The third kappa shape index (κ3) is 3.43. The fourth-order valence-electron chi connectivity index (χ4n) is 2.14. The second kappa shape index (κ2) is 6.45. The zero-order chi connectivity index (χ0) is 15.4. The van der Waals surface area contributed by atoms with E-state index in [4.69, 9.17) is 14.6 Å². The van der Waals surface area contributed by atoms with Gasteiger partial charge >= 0.3 is 12.0 Å². The molecule has 0 aliphatic carbocycles. The van der Waals surface area contributed by atoms with Gasteiger partial charge in [-0.05, 0) is 30.7 Å². The van der Waals surface area contributed by atoms with Crippen molar-refractivity contribution < 1.29 is 24.2 Å². The number of carbonyl (C=O) groups excluding carboxylic acids is 1. The SMILES string of the molecule is COc1ccc(NC(=O)N2CCOCC2C(=O)O)c(C)c1. The molecule has 114 valence electrons. The van der Waals surface area contributed by atoms with Crippen LogP contribution in [0.25, 0.3) is 0 Å². The molecule has 1 unspecified atom stereocenters. The molecule has 1 atom stereocenters. The number of carboxylic acid groups (broad SMARTS) is 1. The van der Waals surface area contributed by atoms with E-state index in [1.54, 1.807) is 25.3 Å². The van der Waals surface area contributed by atoms with E-state index in [1.165, 1.54) is 4.90 Å². The number of aryl methyl sites for hydroxylation is 1. The largest absolute Gasteiger partial charge is 0.497 e. The van der Waals surface area contributed by atoms with E-state index >= 15 is 0 Å². The zero-order valence-electron chi connectivity index (χ0n) is 12.0. The highest BCUT2D eigenvalue weighted by atomic mass is 16.5. The van der Waals surface area contributed by atoms with Crippen molar-refractivity contribution in [3.05, 3.63) is 23.8 Å². The molecular formula is C14H18N2O5. The number of aliphatic carboxylic acids is 1. The third-order valence-electron chi connectivity index (χ3n) is 3.35. The van der Waals surface area contributed by atoms with Crippen LogP contribution in [0.5, 0.6) is 5.75 Å². The van der Waals surface area contributed by atoms with Gasteiger partial charge in [-0.1, -0.05) is 0 Å². The Morgan fingerprint density at radius 3 is 2.86 bits per heavy atom. The highest BCUT2D eigenvalue weighted by Gasteiger charge is 2.32. The fraction of sp³-hybridized carbons (Fsp3) is 0.429. The normalized spacial score (nSPS) is 18.2. The van der Waals surface area contributed by atoms with Crippen molar-refractivity contribution in [3.63, 3.8) is 0 Å². The number of rotatable bonds is 3. The molecule has 0 bridgehead atoms. The minimum atomic E-state index is -1.07.